The maximum atomic E-state index is 13.7. The second-order valence-electron chi connectivity index (χ2n) is 8.21. The van der Waals surface area contributed by atoms with E-state index in [-0.39, 0.29) is 17.5 Å². The van der Waals surface area contributed by atoms with Crippen LogP contribution in [0.15, 0.2) is 66.7 Å². The van der Waals surface area contributed by atoms with Crippen LogP contribution in [-0.4, -0.2) is 26.1 Å². The van der Waals surface area contributed by atoms with E-state index in [2.05, 4.69) is 10.2 Å². The van der Waals surface area contributed by atoms with Gasteiger partial charge in [-0.15, -0.1) is 0 Å². The van der Waals surface area contributed by atoms with Crippen LogP contribution < -0.4 is 0 Å². The summed E-state index contributed by atoms with van der Waals surface area (Å²) in [5, 5.41) is 18.1. The fourth-order valence-corrected chi connectivity index (χ4v) is 4.58. The largest absolute Gasteiger partial charge is 0.507 e. The second-order valence-corrected chi connectivity index (χ2v) is 8.21. The third kappa shape index (κ3) is 3.24. The van der Waals surface area contributed by atoms with E-state index in [1.807, 2.05) is 50.2 Å². The van der Waals surface area contributed by atoms with Gasteiger partial charge in [0.1, 0.15) is 23.0 Å². The Bertz CT molecular complexity index is 1290. The predicted molar refractivity (Wildman–Crippen MR) is 120 cm³/mol. The van der Waals surface area contributed by atoms with Gasteiger partial charge in [0.15, 0.2) is 0 Å². The first-order valence-electron chi connectivity index (χ1n) is 10.4. The van der Waals surface area contributed by atoms with Crippen LogP contribution in [0.2, 0.25) is 0 Å². The molecule has 2 heterocycles. The Labute approximate surface area is 185 Å². The van der Waals surface area contributed by atoms with Crippen molar-refractivity contribution >= 4 is 5.91 Å². The van der Waals surface area contributed by atoms with E-state index in [9.17, 15) is 14.3 Å². The molecule has 5 rings (SSSR count). The highest BCUT2D eigenvalue weighted by Gasteiger charge is 2.42. The van der Waals surface area contributed by atoms with Gasteiger partial charge in [-0.1, -0.05) is 48.5 Å². The number of aryl methyl sites for hydroxylation is 2. The van der Waals surface area contributed by atoms with Crippen molar-refractivity contribution in [2.45, 2.75) is 26.4 Å². The second kappa shape index (κ2) is 7.64. The smallest absolute Gasteiger partial charge is 0.273 e. The number of amides is 1. The molecule has 1 atom stereocenters. The molecular weight excluding hydrogens is 405 g/mol. The summed E-state index contributed by atoms with van der Waals surface area (Å²) < 4.78 is 13.7. The summed E-state index contributed by atoms with van der Waals surface area (Å²) in [4.78, 5) is 15.2. The lowest BCUT2D eigenvalue weighted by Crippen LogP contribution is -2.29. The van der Waals surface area contributed by atoms with Crippen LogP contribution in [0.4, 0.5) is 4.39 Å². The minimum atomic E-state index is -0.466. The quantitative estimate of drug-likeness (QED) is 0.465. The third-order valence-electron chi connectivity index (χ3n) is 5.94. The first kappa shape index (κ1) is 20.0. The van der Waals surface area contributed by atoms with E-state index in [0.29, 0.717) is 29.1 Å². The molecule has 0 bridgehead atoms. The third-order valence-corrected chi connectivity index (χ3v) is 5.94. The minimum absolute atomic E-state index is 0.114. The molecule has 2 N–H and O–H groups in total. The average molecular weight is 427 g/mol. The van der Waals surface area contributed by atoms with Crippen LogP contribution in [-0.2, 0) is 6.54 Å². The van der Waals surface area contributed by atoms with E-state index in [0.717, 1.165) is 22.3 Å². The first-order chi connectivity index (χ1) is 15.4. The van der Waals surface area contributed by atoms with Crippen molar-refractivity contribution < 1.29 is 14.3 Å². The van der Waals surface area contributed by atoms with E-state index in [1.54, 1.807) is 23.1 Å². The van der Waals surface area contributed by atoms with Crippen LogP contribution in [0.25, 0.3) is 11.3 Å². The zero-order valence-electron chi connectivity index (χ0n) is 17.8. The molecule has 0 aliphatic carbocycles. The fourth-order valence-electron chi connectivity index (χ4n) is 4.58. The number of carbonyl (C=O) groups is 1. The minimum Gasteiger partial charge on any atom is -0.507 e. The van der Waals surface area contributed by atoms with Crippen molar-refractivity contribution in [3.8, 4) is 17.0 Å². The summed E-state index contributed by atoms with van der Waals surface area (Å²) in [6.45, 7) is 4.22. The van der Waals surface area contributed by atoms with Gasteiger partial charge in [0, 0.05) is 17.7 Å². The van der Waals surface area contributed by atoms with E-state index in [1.165, 1.54) is 12.1 Å². The zero-order valence-corrected chi connectivity index (χ0v) is 17.8. The van der Waals surface area contributed by atoms with Gasteiger partial charge in [-0.2, -0.15) is 5.10 Å². The molecule has 1 aliphatic rings. The molecule has 4 aromatic rings. The Balaban J connectivity index is 1.69. The number of hydrogen-bond donors (Lipinski definition) is 2. The number of nitrogens with zero attached hydrogens (tertiary/aromatic N) is 2. The van der Waals surface area contributed by atoms with Crippen LogP contribution >= 0.6 is 0 Å². The van der Waals surface area contributed by atoms with Crippen molar-refractivity contribution in [1.82, 2.24) is 15.1 Å². The molecule has 1 aliphatic heterocycles. The van der Waals surface area contributed by atoms with Gasteiger partial charge in [0.2, 0.25) is 0 Å². The summed E-state index contributed by atoms with van der Waals surface area (Å²) in [6.07, 6.45) is 0. The molecule has 0 saturated carbocycles. The SMILES string of the molecule is Cc1cc(C)c(-c2n[nH]c3c2C(c2ccc(F)cc2)N(Cc2ccccc2)C3=O)c(O)c1. The topological polar surface area (TPSA) is 69.2 Å². The highest BCUT2D eigenvalue weighted by atomic mass is 19.1. The number of hydrogen-bond acceptors (Lipinski definition) is 3. The maximum Gasteiger partial charge on any atom is 0.273 e. The highest BCUT2D eigenvalue weighted by Crippen LogP contribution is 2.46. The monoisotopic (exact) mass is 427 g/mol. The van der Waals surface area contributed by atoms with Crippen molar-refractivity contribution in [2.24, 2.45) is 0 Å². The summed E-state index contributed by atoms with van der Waals surface area (Å²) in [6, 6.07) is 19.1. The number of carbonyl (C=O) groups excluding carboxylic acids is 1. The van der Waals surface area contributed by atoms with Gasteiger partial charge in [-0.3, -0.25) is 9.89 Å². The summed E-state index contributed by atoms with van der Waals surface area (Å²) in [5.41, 5.74) is 5.78. The maximum absolute atomic E-state index is 13.7. The number of phenolic OH excluding ortho intramolecular Hbond substituents is 1. The standard InChI is InChI=1S/C26H22FN3O2/c1-15-12-16(2)21(20(31)13-15)23-22-24(29-28-23)26(32)30(14-17-6-4-3-5-7-17)25(22)18-8-10-19(27)11-9-18/h3-13,25,31H,14H2,1-2H3,(H,28,29). The number of fused-ring (bicyclic) bond motifs is 1. The molecule has 160 valence electrons. The first-order valence-corrected chi connectivity index (χ1v) is 10.4. The molecule has 5 nitrogen and oxygen atoms in total. The number of aromatic amines is 1. The number of halogens is 1. The molecule has 1 aromatic heterocycles. The number of nitrogens with one attached hydrogen (secondary N) is 1. The number of benzene rings is 3. The van der Waals surface area contributed by atoms with E-state index < -0.39 is 6.04 Å². The number of aromatic nitrogens is 2. The van der Waals surface area contributed by atoms with Gasteiger partial charge in [0.25, 0.3) is 5.91 Å². The summed E-state index contributed by atoms with van der Waals surface area (Å²) >= 11 is 0. The Hall–Kier alpha value is -3.93. The molecular formula is C26H22FN3O2. The predicted octanol–water partition coefficient (Wildman–Crippen LogP) is 5.28. The van der Waals surface area contributed by atoms with Gasteiger partial charge >= 0.3 is 0 Å². The van der Waals surface area contributed by atoms with E-state index >= 15 is 0 Å². The molecule has 0 fully saturated rings. The number of rotatable bonds is 4. The lowest BCUT2D eigenvalue weighted by Gasteiger charge is -2.26. The fraction of sp³-hybridized carbons (Fsp3) is 0.154. The van der Waals surface area contributed by atoms with Crippen LogP contribution in [0.3, 0.4) is 0 Å². The van der Waals surface area contributed by atoms with E-state index in [4.69, 9.17) is 0 Å². The van der Waals surface area contributed by atoms with Gasteiger partial charge in [-0.05, 0) is 54.3 Å². The Morgan fingerprint density at radius 2 is 1.78 bits per heavy atom. The lowest BCUT2D eigenvalue weighted by molar-refractivity contribution is 0.0730. The van der Waals surface area contributed by atoms with Crippen LogP contribution in [0.1, 0.15) is 44.3 Å². The molecule has 32 heavy (non-hydrogen) atoms. The van der Waals surface area contributed by atoms with Crippen LogP contribution in [0, 0.1) is 19.7 Å². The lowest BCUT2D eigenvalue weighted by atomic mass is 9.93. The van der Waals surface area contributed by atoms with Gasteiger partial charge in [0.05, 0.1) is 6.04 Å². The molecule has 0 spiro atoms. The molecule has 1 amide bonds. The summed E-state index contributed by atoms with van der Waals surface area (Å²) in [5.74, 6) is -0.405. The Kier molecular flexibility index (Phi) is 4.78. The van der Waals surface area contributed by atoms with Gasteiger partial charge < -0.3 is 10.0 Å². The van der Waals surface area contributed by atoms with Crippen molar-refractivity contribution in [3.63, 3.8) is 0 Å². The number of phenols is 1. The van der Waals surface area contributed by atoms with Gasteiger partial charge in [-0.25, -0.2) is 4.39 Å². The van der Waals surface area contributed by atoms with Crippen molar-refractivity contribution in [3.05, 3.63) is 106 Å². The Morgan fingerprint density at radius 1 is 1.06 bits per heavy atom. The Morgan fingerprint density at radius 3 is 2.47 bits per heavy atom. The average Bonchev–Trinajstić information content (AvgIpc) is 3.29. The number of aromatic hydroxyl groups is 1. The number of H-pyrrole nitrogens is 1. The van der Waals surface area contributed by atoms with Crippen molar-refractivity contribution in [1.29, 1.82) is 0 Å². The summed E-state index contributed by atoms with van der Waals surface area (Å²) in [7, 11) is 0. The van der Waals surface area contributed by atoms with Crippen LogP contribution in [0.5, 0.6) is 5.75 Å². The molecule has 3 aromatic carbocycles. The zero-order chi connectivity index (χ0) is 22.4. The molecule has 6 heteroatoms. The molecule has 0 radical (unpaired) electrons. The normalized spacial score (nSPS) is 15.3. The van der Waals surface area contributed by atoms with Crippen molar-refractivity contribution in [2.75, 3.05) is 0 Å². The highest BCUT2D eigenvalue weighted by molar-refractivity contribution is 6.00. The molecule has 0 saturated heterocycles. The molecule has 1 unspecified atom stereocenters.